The number of hydrogen-bond donors (Lipinski definition) is 2. The van der Waals surface area contributed by atoms with E-state index in [9.17, 15) is 14.4 Å². The molecule has 0 aliphatic rings. The number of Topliss-reactive ketones (excluding diaryl/α,β-unsaturated/α-hetero) is 1. The highest BCUT2D eigenvalue weighted by atomic mass is 16.4. The van der Waals surface area contributed by atoms with Crippen LogP contribution in [0, 0.1) is 0 Å². The molecule has 0 aliphatic heterocycles. The minimum absolute atomic E-state index is 0.123. The third-order valence-corrected chi connectivity index (χ3v) is 2.40. The fraction of sp³-hybridized carbons (Fsp3) is 0.308. The predicted octanol–water partition coefficient (Wildman–Crippen LogP) is 1.24. The maximum atomic E-state index is 11.9. The van der Waals surface area contributed by atoms with Crippen molar-refractivity contribution in [1.29, 1.82) is 0 Å². The second-order valence-electron chi connectivity index (χ2n) is 3.91. The molecule has 0 fully saturated rings. The summed E-state index contributed by atoms with van der Waals surface area (Å²) in [5.41, 5.74) is 0.517. The molecule has 0 heterocycles. The predicted molar refractivity (Wildman–Crippen MR) is 65.2 cm³/mol. The molecule has 0 bridgehead atoms. The number of carboxylic acid groups (broad SMARTS) is 1. The quantitative estimate of drug-likeness (QED) is 0.743. The summed E-state index contributed by atoms with van der Waals surface area (Å²) < 4.78 is 0. The van der Waals surface area contributed by atoms with Gasteiger partial charge in [-0.3, -0.25) is 14.4 Å². The lowest BCUT2D eigenvalue weighted by molar-refractivity contribution is -0.138. The van der Waals surface area contributed by atoms with Crippen molar-refractivity contribution in [3.63, 3.8) is 0 Å². The number of carbonyl (C=O) groups is 3. The van der Waals surface area contributed by atoms with Crippen LogP contribution in [-0.4, -0.2) is 28.8 Å². The Labute approximate surface area is 105 Å². The van der Waals surface area contributed by atoms with Gasteiger partial charge in [0.15, 0.2) is 5.78 Å². The van der Waals surface area contributed by atoms with Gasteiger partial charge >= 0.3 is 5.97 Å². The zero-order chi connectivity index (χ0) is 13.5. The molecule has 0 saturated heterocycles. The molecule has 0 aromatic heterocycles. The van der Waals surface area contributed by atoms with E-state index in [1.165, 1.54) is 0 Å². The highest BCUT2D eigenvalue weighted by molar-refractivity contribution is 6.01. The van der Waals surface area contributed by atoms with E-state index in [1.807, 2.05) is 0 Å². The number of carboxylic acids is 1. The molecular weight excluding hydrogens is 234 g/mol. The van der Waals surface area contributed by atoms with Crippen LogP contribution < -0.4 is 5.32 Å². The smallest absolute Gasteiger partial charge is 0.303 e. The Bertz CT molecular complexity index is 442. The minimum Gasteiger partial charge on any atom is -0.481 e. The molecule has 1 amide bonds. The van der Waals surface area contributed by atoms with Crippen molar-refractivity contribution < 1.29 is 19.5 Å². The summed E-state index contributed by atoms with van der Waals surface area (Å²) in [5, 5.41) is 10.9. The molecular formula is C13H15NO4. The van der Waals surface area contributed by atoms with Crippen LogP contribution in [0.25, 0.3) is 0 Å². The van der Waals surface area contributed by atoms with Crippen LogP contribution >= 0.6 is 0 Å². The summed E-state index contributed by atoms with van der Waals surface area (Å²) in [6.07, 6.45) is -0.361. The highest BCUT2D eigenvalue weighted by Gasteiger charge is 2.17. The second-order valence-corrected chi connectivity index (χ2v) is 3.91. The number of rotatable bonds is 6. The monoisotopic (exact) mass is 249 g/mol. The maximum Gasteiger partial charge on any atom is 0.303 e. The van der Waals surface area contributed by atoms with Crippen molar-refractivity contribution >= 4 is 17.7 Å². The average molecular weight is 249 g/mol. The van der Waals surface area contributed by atoms with Gasteiger partial charge in [0.25, 0.3) is 0 Å². The first-order chi connectivity index (χ1) is 8.50. The number of aliphatic carboxylic acids is 1. The minimum atomic E-state index is -1.04. The fourth-order valence-corrected chi connectivity index (χ4v) is 1.45. The van der Waals surface area contributed by atoms with Crippen LogP contribution in [0.4, 0.5) is 0 Å². The molecule has 2 N–H and O–H groups in total. The van der Waals surface area contributed by atoms with Crippen molar-refractivity contribution in [3.05, 3.63) is 35.9 Å². The number of hydrogen-bond acceptors (Lipinski definition) is 3. The lowest BCUT2D eigenvalue weighted by Gasteiger charge is -2.12. The molecule has 1 rings (SSSR count). The molecule has 1 aromatic carbocycles. The Balaban J connectivity index is 2.50. The number of amides is 1. The summed E-state index contributed by atoms with van der Waals surface area (Å²) >= 11 is 0. The van der Waals surface area contributed by atoms with Crippen LogP contribution in [0.2, 0.25) is 0 Å². The van der Waals surface area contributed by atoms with E-state index in [2.05, 4.69) is 5.32 Å². The van der Waals surface area contributed by atoms with Crippen molar-refractivity contribution in [2.45, 2.75) is 25.8 Å². The van der Waals surface area contributed by atoms with Gasteiger partial charge in [-0.1, -0.05) is 30.3 Å². The molecule has 96 valence electrons. The number of ketones is 1. The Kier molecular flexibility index (Phi) is 5.05. The normalized spacial score (nSPS) is 11.6. The van der Waals surface area contributed by atoms with E-state index >= 15 is 0 Å². The topological polar surface area (TPSA) is 83.5 Å². The second kappa shape index (κ2) is 6.54. The first-order valence-electron chi connectivity index (χ1n) is 5.61. The van der Waals surface area contributed by atoms with Gasteiger partial charge in [0.2, 0.25) is 5.91 Å². The molecule has 0 spiro atoms. The third-order valence-electron chi connectivity index (χ3n) is 2.40. The van der Waals surface area contributed by atoms with Crippen molar-refractivity contribution in [2.24, 2.45) is 0 Å². The molecule has 18 heavy (non-hydrogen) atoms. The summed E-state index contributed by atoms with van der Waals surface area (Å²) in [7, 11) is 0. The highest BCUT2D eigenvalue weighted by Crippen LogP contribution is 2.03. The third kappa shape index (κ3) is 4.37. The van der Waals surface area contributed by atoms with Gasteiger partial charge in [-0.25, -0.2) is 0 Å². The Morgan fingerprint density at radius 2 is 1.78 bits per heavy atom. The maximum absolute atomic E-state index is 11.9. The Hall–Kier alpha value is -2.17. The first kappa shape index (κ1) is 13.9. The van der Waals surface area contributed by atoms with E-state index in [0.29, 0.717) is 5.56 Å². The molecule has 0 saturated carbocycles. The van der Waals surface area contributed by atoms with E-state index in [1.54, 1.807) is 37.3 Å². The van der Waals surface area contributed by atoms with E-state index < -0.39 is 17.9 Å². The molecule has 0 radical (unpaired) electrons. The number of carbonyl (C=O) groups excluding carboxylic acids is 2. The van der Waals surface area contributed by atoms with Gasteiger partial charge < -0.3 is 10.4 Å². The van der Waals surface area contributed by atoms with E-state index in [0.717, 1.165) is 0 Å². The summed E-state index contributed by atoms with van der Waals surface area (Å²) in [6, 6.07) is 7.96. The van der Waals surface area contributed by atoms with Gasteiger partial charge in [-0.05, 0) is 6.92 Å². The van der Waals surface area contributed by atoms with Gasteiger partial charge in [0.1, 0.15) is 0 Å². The summed E-state index contributed by atoms with van der Waals surface area (Å²) in [6.45, 7) is 1.58. The molecule has 5 heteroatoms. The van der Waals surface area contributed by atoms with Crippen LogP contribution in [0.3, 0.4) is 0 Å². The average Bonchev–Trinajstić information content (AvgIpc) is 2.36. The molecule has 1 unspecified atom stereocenters. The van der Waals surface area contributed by atoms with Crippen molar-refractivity contribution in [3.8, 4) is 0 Å². The lowest BCUT2D eigenvalue weighted by atomic mass is 10.1. The number of nitrogens with one attached hydrogen (secondary N) is 1. The zero-order valence-electron chi connectivity index (χ0n) is 10.1. The molecule has 1 atom stereocenters. The Morgan fingerprint density at radius 1 is 1.17 bits per heavy atom. The first-order valence-corrected chi connectivity index (χ1v) is 5.61. The number of benzene rings is 1. The summed E-state index contributed by atoms with van der Waals surface area (Å²) in [5.74, 6) is -1.67. The van der Waals surface area contributed by atoms with Crippen LogP contribution in [0.15, 0.2) is 30.3 Å². The van der Waals surface area contributed by atoms with E-state index in [-0.39, 0.29) is 18.6 Å². The van der Waals surface area contributed by atoms with E-state index in [4.69, 9.17) is 5.11 Å². The van der Waals surface area contributed by atoms with Gasteiger partial charge in [-0.2, -0.15) is 0 Å². The van der Waals surface area contributed by atoms with Crippen LogP contribution in [0.5, 0.6) is 0 Å². The van der Waals surface area contributed by atoms with Crippen molar-refractivity contribution in [2.75, 3.05) is 0 Å². The van der Waals surface area contributed by atoms with Gasteiger partial charge in [-0.15, -0.1) is 0 Å². The standard InChI is InChI=1S/C13H15NO4/c1-9(14-11(15)7-8-12(16)17)13(18)10-5-3-2-4-6-10/h2-6,9H,7-8H2,1H3,(H,14,15)(H,16,17). The van der Waals surface area contributed by atoms with Crippen molar-refractivity contribution in [1.82, 2.24) is 5.32 Å². The lowest BCUT2D eigenvalue weighted by Crippen LogP contribution is -2.38. The Morgan fingerprint density at radius 3 is 2.33 bits per heavy atom. The zero-order valence-corrected chi connectivity index (χ0v) is 10.1. The largest absolute Gasteiger partial charge is 0.481 e. The van der Waals surface area contributed by atoms with Gasteiger partial charge in [0, 0.05) is 12.0 Å². The van der Waals surface area contributed by atoms with Crippen LogP contribution in [0.1, 0.15) is 30.1 Å². The molecule has 0 aliphatic carbocycles. The molecule has 1 aromatic rings. The van der Waals surface area contributed by atoms with Gasteiger partial charge in [0.05, 0.1) is 12.5 Å². The SMILES string of the molecule is CC(NC(=O)CCC(=O)O)C(=O)c1ccccc1. The van der Waals surface area contributed by atoms with Crippen LogP contribution in [-0.2, 0) is 9.59 Å². The fourth-order valence-electron chi connectivity index (χ4n) is 1.45. The molecule has 5 nitrogen and oxygen atoms in total. The summed E-state index contributed by atoms with van der Waals surface area (Å²) in [4.78, 5) is 33.6.